The van der Waals surface area contributed by atoms with Gasteiger partial charge in [0.1, 0.15) is 6.04 Å². The molecule has 2 aromatic rings. The van der Waals surface area contributed by atoms with Crippen molar-refractivity contribution < 1.29 is 9.53 Å². The van der Waals surface area contributed by atoms with Crippen molar-refractivity contribution in [3.05, 3.63) is 70.8 Å². The molecule has 5 nitrogen and oxygen atoms in total. The minimum atomic E-state index is -0.659. The maximum Gasteiger partial charge on any atom is 0.241 e. The summed E-state index contributed by atoms with van der Waals surface area (Å²) in [6.07, 6.45) is 0. The monoisotopic (exact) mass is 367 g/mol. The Labute approximate surface area is 161 Å². The molecule has 1 aliphatic rings. The van der Waals surface area contributed by atoms with Crippen LogP contribution in [-0.2, 0) is 9.53 Å². The summed E-state index contributed by atoms with van der Waals surface area (Å²) in [5.41, 5.74) is 10.6. The van der Waals surface area contributed by atoms with Crippen LogP contribution in [0.1, 0.15) is 34.3 Å². The van der Waals surface area contributed by atoms with E-state index in [9.17, 15) is 4.79 Å². The molecule has 2 unspecified atom stereocenters. The van der Waals surface area contributed by atoms with Crippen molar-refractivity contribution in [3.8, 4) is 0 Å². The van der Waals surface area contributed by atoms with Crippen molar-refractivity contribution in [1.29, 1.82) is 0 Å². The van der Waals surface area contributed by atoms with E-state index in [1.54, 1.807) is 0 Å². The highest BCUT2D eigenvalue weighted by Gasteiger charge is 2.24. The van der Waals surface area contributed by atoms with Crippen molar-refractivity contribution in [2.24, 2.45) is 5.73 Å². The van der Waals surface area contributed by atoms with Crippen LogP contribution in [0.15, 0.2) is 48.5 Å². The molecule has 0 aromatic heterocycles. The number of benzene rings is 2. The summed E-state index contributed by atoms with van der Waals surface area (Å²) in [4.78, 5) is 15.0. The summed E-state index contributed by atoms with van der Waals surface area (Å²) in [6.45, 7) is 7.80. The molecular formula is C22H29N3O2. The van der Waals surface area contributed by atoms with Gasteiger partial charge in [0, 0.05) is 19.6 Å². The zero-order valence-electron chi connectivity index (χ0n) is 16.2. The standard InChI is InChI=1S/C22H29N3O2/c1-16-6-8-18(9-7-16)21(23)22(26)24-15-20(25-10-12-27-13-11-25)19-5-3-4-17(2)14-19/h3-9,14,20-21H,10-13,15,23H2,1-2H3,(H,24,26). The molecule has 2 atom stereocenters. The maximum absolute atomic E-state index is 12.6. The largest absolute Gasteiger partial charge is 0.379 e. The number of hydrogen-bond donors (Lipinski definition) is 2. The summed E-state index contributed by atoms with van der Waals surface area (Å²) in [5, 5.41) is 3.06. The lowest BCUT2D eigenvalue weighted by Crippen LogP contribution is -2.45. The fraction of sp³-hybridized carbons (Fsp3) is 0.409. The Hall–Kier alpha value is -2.21. The Morgan fingerprint density at radius 1 is 1.07 bits per heavy atom. The van der Waals surface area contributed by atoms with E-state index in [0.29, 0.717) is 6.54 Å². The average Bonchev–Trinajstić information content (AvgIpc) is 2.69. The van der Waals surface area contributed by atoms with Crippen LogP contribution < -0.4 is 11.1 Å². The maximum atomic E-state index is 12.6. The van der Waals surface area contributed by atoms with Crippen molar-refractivity contribution in [2.75, 3.05) is 32.8 Å². The number of ether oxygens (including phenoxy) is 1. The first kappa shape index (κ1) is 19.5. The van der Waals surface area contributed by atoms with Crippen LogP contribution in [-0.4, -0.2) is 43.7 Å². The Balaban J connectivity index is 1.70. The van der Waals surface area contributed by atoms with Gasteiger partial charge in [-0.2, -0.15) is 0 Å². The van der Waals surface area contributed by atoms with E-state index in [1.807, 2.05) is 31.2 Å². The first-order chi connectivity index (χ1) is 13.0. The lowest BCUT2D eigenvalue weighted by Gasteiger charge is -2.35. The van der Waals surface area contributed by atoms with Crippen LogP contribution in [0, 0.1) is 13.8 Å². The molecule has 1 fully saturated rings. The third-order valence-electron chi connectivity index (χ3n) is 5.10. The van der Waals surface area contributed by atoms with Gasteiger partial charge in [0.15, 0.2) is 0 Å². The lowest BCUT2D eigenvalue weighted by molar-refractivity contribution is -0.122. The molecule has 2 aromatic carbocycles. The van der Waals surface area contributed by atoms with Crippen molar-refractivity contribution >= 4 is 5.91 Å². The third kappa shape index (κ3) is 5.16. The highest BCUT2D eigenvalue weighted by molar-refractivity contribution is 5.83. The summed E-state index contributed by atoms with van der Waals surface area (Å²) >= 11 is 0. The molecule has 0 saturated carbocycles. The van der Waals surface area contributed by atoms with Gasteiger partial charge in [-0.15, -0.1) is 0 Å². The molecule has 0 bridgehead atoms. The quantitative estimate of drug-likeness (QED) is 0.823. The van der Waals surface area contributed by atoms with E-state index in [2.05, 4.69) is 41.4 Å². The normalized spacial score (nSPS) is 17.3. The Kier molecular flexibility index (Phi) is 6.61. The number of carbonyl (C=O) groups is 1. The molecule has 1 saturated heterocycles. The van der Waals surface area contributed by atoms with Crippen molar-refractivity contribution in [1.82, 2.24) is 10.2 Å². The Bertz CT molecular complexity index is 754. The smallest absolute Gasteiger partial charge is 0.241 e. The number of nitrogens with two attached hydrogens (primary N) is 1. The number of morpholine rings is 1. The number of carbonyl (C=O) groups excluding carboxylic acids is 1. The number of aryl methyl sites for hydroxylation is 2. The summed E-state index contributed by atoms with van der Waals surface area (Å²) in [6, 6.07) is 15.7. The van der Waals surface area contributed by atoms with Gasteiger partial charge in [0.2, 0.25) is 5.91 Å². The van der Waals surface area contributed by atoms with Crippen LogP contribution >= 0.6 is 0 Å². The van der Waals surface area contributed by atoms with Crippen LogP contribution in [0.3, 0.4) is 0 Å². The van der Waals surface area contributed by atoms with Gasteiger partial charge in [-0.3, -0.25) is 9.69 Å². The van der Waals surface area contributed by atoms with Gasteiger partial charge >= 0.3 is 0 Å². The molecule has 3 N–H and O–H groups in total. The topological polar surface area (TPSA) is 67.6 Å². The molecule has 3 rings (SSSR count). The molecule has 0 radical (unpaired) electrons. The van der Waals surface area contributed by atoms with E-state index in [0.717, 1.165) is 37.4 Å². The predicted octanol–water partition coefficient (Wildman–Crippen LogP) is 2.49. The first-order valence-electron chi connectivity index (χ1n) is 9.53. The van der Waals surface area contributed by atoms with Gasteiger partial charge in [0.25, 0.3) is 0 Å². The lowest BCUT2D eigenvalue weighted by atomic mass is 10.0. The number of hydrogen-bond acceptors (Lipinski definition) is 4. The molecule has 5 heteroatoms. The average molecular weight is 367 g/mol. The molecule has 1 amide bonds. The van der Waals surface area contributed by atoms with Gasteiger partial charge in [-0.1, -0.05) is 59.7 Å². The van der Waals surface area contributed by atoms with E-state index in [1.165, 1.54) is 11.1 Å². The van der Waals surface area contributed by atoms with Crippen molar-refractivity contribution in [3.63, 3.8) is 0 Å². The Morgan fingerprint density at radius 3 is 2.44 bits per heavy atom. The van der Waals surface area contributed by atoms with Gasteiger partial charge in [-0.25, -0.2) is 0 Å². The van der Waals surface area contributed by atoms with Crippen molar-refractivity contribution in [2.45, 2.75) is 25.9 Å². The summed E-state index contributed by atoms with van der Waals surface area (Å²) in [5.74, 6) is -0.148. The third-order valence-corrected chi connectivity index (χ3v) is 5.10. The molecule has 1 aliphatic heterocycles. The highest BCUT2D eigenvalue weighted by Crippen LogP contribution is 2.22. The van der Waals surface area contributed by atoms with Crippen LogP contribution in [0.2, 0.25) is 0 Å². The minimum absolute atomic E-state index is 0.114. The summed E-state index contributed by atoms with van der Waals surface area (Å²) < 4.78 is 5.49. The highest BCUT2D eigenvalue weighted by atomic mass is 16.5. The fourth-order valence-corrected chi connectivity index (χ4v) is 3.46. The fourth-order valence-electron chi connectivity index (χ4n) is 3.46. The predicted molar refractivity (Wildman–Crippen MR) is 107 cm³/mol. The summed E-state index contributed by atoms with van der Waals surface area (Å²) in [7, 11) is 0. The van der Waals surface area contributed by atoms with E-state index in [4.69, 9.17) is 10.5 Å². The van der Waals surface area contributed by atoms with E-state index in [-0.39, 0.29) is 11.9 Å². The first-order valence-corrected chi connectivity index (χ1v) is 9.53. The van der Waals surface area contributed by atoms with E-state index < -0.39 is 6.04 Å². The Morgan fingerprint density at radius 2 is 1.78 bits per heavy atom. The van der Waals surface area contributed by atoms with Gasteiger partial charge in [0.05, 0.1) is 19.3 Å². The van der Waals surface area contributed by atoms with Crippen LogP contribution in [0.4, 0.5) is 0 Å². The second-order valence-corrected chi connectivity index (χ2v) is 7.21. The zero-order chi connectivity index (χ0) is 19.2. The van der Waals surface area contributed by atoms with Crippen LogP contribution in [0.5, 0.6) is 0 Å². The van der Waals surface area contributed by atoms with Gasteiger partial charge in [-0.05, 0) is 25.0 Å². The molecular weight excluding hydrogens is 338 g/mol. The second-order valence-electron chi connectivity index (χ2n) is 7.21. The minimum Gasteiger partial charge on any atom is -0.379 e. The molecule has 0 spiro atoms. The molecule has 144 valence electrons. The number of rotatable bonds is 6. The second kappa shape index (κ2) is 9.13. The van der Waals surface area contributed by atoms with E-state index >= 15 is 0 Å². The molecule has 27 heavy (non-hydrogen) atoms. The number of nitrogens with one attached hydrogen (secondary N) is 1. The SMILES string of the molecule is Cc1ccc(C(N)C(=O)NCC(c2cccc(C)c2)N2CCOCC2)cc1. The number of nitrogens with zero attached hydrogens (tertiary/aromatic N) is 1. The molecule has 1 heterocycles. The zero-order valence-corrected chi connectivity index (χ0v) is 16.2. The van der Waals surface area contributed by atoms with Crippen LogP contribution in [0.25, 0.3) is 0 Å². The molecule has 0 aliphatic carbocycles. The number of amides is 1. The van der Waals surface area contributed by atoms with Gasteiger partial charge < -0.3 is 15.8 Å².